The molecule has 1 aliphatic heterocycles. The van der Waals surface area contributed by atoms with Crippen LogP contribution < -0.4 is 21.5 Å². The summed E-state index contributed by atoms with van der Waals surface area (Å²) in [5, 5.41) is 2.97. The van der Waals surface area contributed by atoms with Crippen LogP contribution in [0.25, 0.3) is 0 Å². The summed E-state index contributed by atoms with van der Waals surface area (Å²) in [6.07, 6.45) is 0. The fourth-order valence-corrected chi connectivity index (χ4v) is 2.42. The zero-order valence-corrected chi connectivity index (χ0v) is 13.9. The second-order valence-electron chi connectivity index (χ2n) is 5.39. The molecular formula is C16H23N5O2. The van der Waals surface area contributed by atoms with Crippen molar-refractivity contribution in [3.05, 3.63) is 41.1 Å². The molecule has 0 unspecified atom stereocenters. The quantitative estimate of drug-likeness (QED) is 0.437. The molecule has 0 radical (unpaired) electrons. The largest absolute Gasteiger partial charge is 0.463 e. The SMILES string of the molecule is CCOC(=O)C1=C(C)NC(NN)=N[C@H]1c1ccc(N(C)C)cc1. The summed E-state index contributed by atoms with van der Waals surface area (Å²) < 4.78 is 5.17. The van der Waals surface area contributed by atoms with Crippen LogP contribution in [0, 0.1) is 0 Å². The first-order chi connectivity index (χ1) is 11.0. The molecule has 23 heavy (non-hydrogen) atoms. The van der Waals surface area contributed by atoms with Crippen molar-refractivity contribution in [1.29, 1.82) is 0 Å². The van der Waals surface area contributed by atoms with E-state index in [1.165, 1.54) is 0 Å². The van der Waals surface area contributed by atoms with Crippen LogP contribution in [0.5, 0.6) is 0 Å². The van der Waals surface area contributed by atoms with Gasteiger partial charge < -0.3 is 15.0 Å². The fraction of sp³-hybridized carbons (Fsp3) is 0.375. The highest BCUT2D eigenvalue weighted by Crippen LogP contribution is 2.32. The molecule has 1 atom stereocenters. The molecule has 0 aromatic heterocycles. The van der Waals surface area contributed by atoms with Gasteiger partial charge in [-0.2, -0.15) is 0 Å². The molecule has 0 aliphatic carbocycles. The smallest absolute Gasteiger partial charge is 0.338 e. The number of allylic oxidation sites excluding steroid dienone is 1. The van der Waals surface area contributed by atoms with Crippen molar-refractivity contribution in [2.24, 2.45) is 10.8 Å². The van der Waals surface area contributed by atoms with Crippen LogP contribution in [0.1, 0.15) is 25.5 Å². The van der Waals surface area contributed by atoms with E-state index in [0.717, 1.165) is 11.3 Å². The van der Waals surface area contributed by atoms with E-state index in [1.54, 1.807) is 13.8 Å². The van der Waals surface area contributed by atoms with Gasteiger partial charge in [0.1, 0.15) is 6.04 Å². The highest BCUT2D eigenvalue weighted by molar-refractivity contribution is 5.95. The monoisotopic (exact) mass is 317 g/mol. The van der Waals surface area contributed by atoms with Crippen molar-refractivity contribution in [2.45, 2.75) is 19.9 Å². The second-order valence-corrected chi connectivity index (χ2v) is 5.39. The third-order valence-corrected chi connectivity index (χ3v) is 3.60. The maximum absolute atomic E-state index is 12.3. The molecule has 1 aliphatic rings. The van der Waals surface area contributed by atoms with E-state index in [1.807, 2.05) is 43.3 Å². The number of anilines is 1. The van der Waals surface area contributed by atoms with E-state index in [0.29, 0.717) is 23.8 Å². The van der Waals surface area contributed by atoms with Gasteiger partial charge in [0.15, 0.2) is 0 Å². The molecule has 0 bridgehead atoms. The van der Waals surface area contributed by atoms with Crippen LogP contribution in [0.4, 0.5) is 5.69 Å². The van der Waals surface area contributed by atoms with Gasteiger partial charge in [0.2, 0.25) is 5.96 Å². The van der Waals surface area contributed by atoms with E-state index in [2.05, 4.69) is 15.7 Å². The fourth-order valence-electron chi connectivity index (χ4n) is 2.42. The molecule has 124 valence electrons. The predicted molar refractivity (Wildman–Crippen MR) is 90.7 cm³/mol. The van der Waals surface area contributed by atoms with E-state index in [9.17, 15) is 4.79 Å². The average molecular weight is 317 g/mol. The van der Waals surface area contributed by atoms with Gasteiger partial charge in [-0.25, -0.2) is 15.6 Å². The van der Waals surface area contributed by atoms with Gasteiger partial charge in [-0.1, -0.05) is 12.1 Å². The minimum absolute atomic E-state index is 0.313. The van der Waals surface area contributed by atoms with Crippen molar-refractivity contribution in [3.8, 4) is 0 Å². The van der Waals surface area contributed by atoms with Gasteiger partial charge in [0, 0.05) is 25.5 Å². The molecule has 0 spiro atoms. The second kappa shape index (κ2) is 7.15. The summed E-state index contributed by atoms with van der Waals surface area (Å²) >= 11 is 0. The Hall–Kier alpha value is -2.54. The third-order valence-electron chi connectivity index (χ3n) is 3.60. The number of hydrazine groups is 1. The Bertz CT molecular complexity index is 634. The Balaban J connectivity index is 2.42. The molecule has 2 rings (SSSR count). The summed E-state index contributed by atoms with van der Waals surface area (Å²) in [5.74, 6) is 5.50. The van der Waals surface area contributed by atoms with Gasteiger partial charge in [-0.3, -0.25) is 5.43 Å². The molecule has 0 saturated heterocycles. The number of carbonyl (C=O) groups is 1. The normalized spacial score (nSPS) is 17.3. The summed E-state index contributed by atoms with van der Waals surface area (Å²) in [5.41, 5.74) is 5.63. The topological polar surface area (TPSA) is 92.0 Å². The van der Waals surface area contributed by atoms with Gasteiger partial charge in [0.05, 0.1) is 12.2 Å². The lowest BCUT2D eigenvalue weighted by Crippen LogP contribution is -2.44. The van der Waals surface area contributed by atoms with Crippen LogP contribution >= 0.6 is 0 Å². The van der Waals surface area contributed by atoms with Crippen molar-refractivity contribution in [3.63, 3.8) is 0 Å². The number of carbonyl (C=O) groups excluding carboxylic acids is 1. The zero-order valence-electron chi connectivity index (χ0n) is 13.9. The lowest BCUT2D eigenvalue weighted by atomic mass is 9.96. The number of aliphatic imine (C=N–C) groups is 1. The summed E-state index contributed by atoms with van der Waals surface area (Å²) in [4.78, 5) is 18.8. The van der Waals surface area contributed by atoms with Crippen molar-refractivity contribution in [1.82, 2.24) is 10.7 Å². The van der Waals surface area contributed by atoms with E-state index < -0.39 is 6.04 Å². The molecule has 0 amide bonds. The first kappa shape index (κ1) is 16.8. The lowest BCUT2D eigenvalue weighted by molar-refractivity contribution is -0.138. The minimum atomic E-state index is -0.461. The van der Waals surface area contributed by atoms with Gasteiger partial charge >= 0.3 is 5.97 Å². The Morgan fingerprint density at radius 3 is 2.57 bits per heavy atom. The Labute approximate surface area is 136 Å². The molecule has 0 fully saturated rings. The van der Waals surface area contributed by atoms with Crippen LogP contribution in [0.15, 0.2) is 40.5 Å². The molecule has 7 nitrogen and oxygen atoms in total. The Kier molecular flexibility index (Phi) is 5.23. The maximum Gasteiger partial charge on any atom is 0.338 e. The maximum atomic E-state index is 12.3. The number of rotatable bonds is 4. The first-order valence-electron chi connectivity index (χ1n) is 7.44. The van der Waals surface area contributed by atoms with Crippen LogP contribution in [-0.2, 0) is 9.53 Å². The number of hydrogen-bond acceptors (Lipinski definition) is 7. The number of ether oxygens (including phenoxy) is 1. The average Bonchev–Trinajstić information content (AvgIpc) is 2.54. The number of nitrogens with one attached hydrogen (secondary N) is 2. The zero-order chi connectivity index (χ0) is 17.0. The van der Waals surface area contributed by atoms with Crippen molar-refractivity contribution >= 4 is 17.6 Å². The Morgan fingerprint density at radius 1 is 1.39 bits per heavy atom. The van der Waals surface area contributed by atoms with E-state index in [-0.39, 0.29) is 5.97 Å². The standard InChI is InChI=1S/C16H23N5O2/c1-5-23-15(22)13-10(2)18-16(20-17)19-14(13)11-6-8-12(9-7-11)21(3)4/h6-9,14H,5,17H2,1-4H3,(H2,18,19,20)/t14-/m0/s1. The highest BCUT2D eigenvalue weighted by Gasteiger charge is 2.30. The molecule has 7 heteroatoms. The number of hydrogen-bond donors (Lipinski definition) is 3. The molecule has 1 aromatic carbocycles. The minimum Gasteiger partial charge on any atom is -0.463 e. The molecule has 0 saturated carbocycles. The van der Waals surface area contributed by atoms with E-state index in [4.69, 9.17) is 10.6 Å². The number of nitrogens with two attached hydrogens (primary N) is 1. The molecule has 4 N–H and O–H groups in total. The summed E-state index contributed by atoms with van der Waals surface area (Å²) in [6, 6.07) is 7.42. The van der Waals surface area contributed by atoms with Crippen LogP contribution in [0.2, 0.25) is 0 Å². The molecule has 1 heterocycles. The number of esters is 1. The van der Waals surface area contributed by atoms with E-state index >= 15 is 0 Å². The number of benzene rings is 1. The van der Waals surface area contributed by atoms with Crippen LogP contribution in [-0.4, -0.2) is 32.6 Å². The van der Waals surface area contributed by atoms with Crippen molar-refractivity contribution < 1.29 is 9.53 Å². The number of guanidine groups is 1. The van der Waals surface area contributed by atoms with Gasteiger partial charge in [0.25, 0.3) is 0 Å². The highest BCUT2D eigenvalue weighted by atomic mass is 16.5. The number of nitrogens with zero attached hydrogens (tertiary/aromatic N) is 2. The molecular weight excluding hydrogens is 294 g/mol. The Morgan fingerprint density at radius 2 is 2.04 bits per heavy atom. The van der Waals surface area contributed by atoms with Crippen LogP contribution in [0.3, 0.4) is 0 Å². The first-order valence-corrected chi connectivity index (χ1v) is 7.44. The molecule has 1 aromatic rings. The van der Waals surface area contributed by atoms with Gasteiger partial charge in [-0.05, 0) is 31.5 Å². The lowest BCUT2D eigenvalue weighted by Gasteiger charge is -2.26. The summed E-state index contributed by atoms with van der Waals surface area (Å²) in [7, 11) is 3.95. The van der Waals surface area contributed by atoms with Gasteiger partial charge in [-0.15, -0.1) is 0 Å². The predicted octanol–water partition coefficient (Wildman–Crippen LogP) is 1.05. The van der Waals surface area contributed by atoms with Crippen molar-refractivity contribution in [2.75, 3.05) is 25.6 Å². The third kappa shape index (κ3) is 3.62. The summed E-state index contributed by atoms with van der Waals surface area (Å²) in [6.45, 7) is 3.90.